The summed E-state index contributed by atoms with van der Waals surface area (Å²) in [7, 11) is 2.00. The van der Waals surface area contributed by atoms with Gasteiger partial charge in [0.05, 0.1) is 11.1 Å². The van der Waals surface area contributed by atoms with Gasteiger partial charge in [0.25, 0.3) is 5.91 Å². The summed E-state index contributed by atoms with van der Waals surface area (Å²) in [6.45, 7) is 1.67. The lowest BCUT2D eigenvalue weighted by atomic mass is 10.0. The molecule has 4 rings (SSSR count). The second-order valence-electron chi connectivity index (χ2n) is 6.74. The number of hydrogen-bond acceptors (Lipinski definition) is 3. The van der Waals surface area contributed by atoms with E-state index < -0.39 is 0 Å². The predicted octanol–water partition coefficient (Wildman–Crippen LogP) is 2.94. The molecule has 1 aliphatic heterocycles. The Balaban J connectivity index is 1.68. The fraction of sp³-hybridized carbons (Fsp3) is 0.474. The van der Waals surface area contributed by atoms with Crippen LogP contribution >= 0.6 is 0 Å². The molecule has 23 heavy (non-hydrogen) atoms. The number of likely N-dealkylation sites (tertiary alicyclic amines) is 1. The number of pyridine rings is 1. The topological polar surface area (TPSA) is 45.2 Å². The van der Waals surface area contributed by atoms with Gasteiger partial charge in [-0.2, -0.15) is 0 Å². The van der Waals surface area contributed by atoms with Gasteiger partial charge in [-0.15, -0.1) is 0 Å². The summed E-state index contributed by atoms with van der Waals surface area (Å²) >= 11 is 0. The molecule has 0 atom stereocenters. The van der Waals surface area contributed by atoms with Gasteiger partial charge in [0.15, 0.2) is 0 Å². The Labute approximate surface area is 136 Å². The maximum Gasteiger partial charge on any atom is 0.254 e. The van der Waals surface area contributed by atoms with Crippen molar-refractivity contribution in [1.29, 1.82) is 0 Å². The van der Waals surface area contributed by atoms with E-state index in [9.17, 15) is 4.79 Å². The van der Waals surface area contributed by atoms with Crippen molar-refractivity contribution in [2.75, 3.05) is 20.1 Å². The van der Waals surface area contributed by atoms with Gasteiger partial charge in [-0.3, -0.25) is 9.78 Å². The molecular weight excluding hydrogens is 286 g/mol. The van der Waals surface area contributed by atoms with Gasteiger partial charge in [-0.25, -0.2) is 0 Å². The van der Waals surface area contributed by atoms with Gasteiger partial charge in [0, 0.05) is 36.1 Å². The molecule has 0 spiro atoms. The van der Waals surface area contributed by atoms with Crippen molar-refractivity contribution in [3.63, 3.8) is 0 Å². The summed E-state index contributed by atoms with van der Waals surface area (Å²) in [5.74, 6) is 0.723. The molecule has 1 saturated heterocycles. The predicted molar refractivity (Wildman–Crippen MR) is 91.7 cm³/mol. The second-order valence-corrected chi connectivity index (χ2v) is 6.74. The molecule has 120 valence electrons. The molecule has 0 radical (unpaired) electrons. The van der Waals surface area contributed by atoms with Gasteiger partial charge in [-0.1, -0.05) is 18.2 Å². The van der Waals surface area contributed by atoms with Crippen LogP contribution in [0.2, 0.25) is 0 Å². The van der Waals surface area contributed by atoms with Crippen LogP contribution in [0, 0.1) is 0 Å². The maximum absolute atomic E-state index is 13.1. The molecule has 1 aromatic heterocycles. The maximum atomic E-state index is 13.1. The number of amides is 1. The summed E-state index contributed by atoms with van der Waals surface area (Å²) in [5.41, 5.74) is 2.88. The highest BCUT2D eigenvalue weighted by molar-refractivity contribution is 6.06. The second kappa shape index (κ2) is 5.93. The van der Waals surface area contributed by atoms with E-state index in [-0.39, 0.29) is 5.91 Å². The summed E-state index contributed by atoms with van der Waals surface area (Å²) in [4.78, 5) is 19.9. The van der Waals surface area contributed by atoms with Crippen LogP contribution in [0.3, 0.4) is 0 Å². The molecule has 2 heterocycles. The molecule has 2 aromatic rings. The molecule has 4 heteroatoms. The molecule has 1 N–H and O–H groups in total. The van der Waals surface area contributed by atoms with Crippen molar-refractivity contribution in [1.82, 2.24) is 15.2 Å². The number of carbonyl (C=O) groups excluding carboxylic acids is 1. The first-order valence-electron chi connectivity index (χ1n) is 8.62. The minimum atomic E-state index is 0.167. The Morgan fingerprint density at radius 3 is 2.61 bits per heavy atom. The van der Waals surface area contributed by atoms with Crippen molar-refractivity contribution in [2.24, 2.45) is 0 Å². The Hall–Kier alpha value is -1.94. The molecule has 2 fully saturated rings. The molecule has 0 bridgehead atoms. The average Bonchev–Trinajstić information content (AvgIpc) is 3.45. The molecule has 4 nitrogen and oxygen atoms in total. The van der Waals surface area contributed by atoms with Crippen LogP contribution in [-0.4, -0.2) is 42.0 Å². The van der Waals surface area contributed by atoms with Gasteiger partial charge in [0.2, 0.25) is 0 Å². The summed E-state index contributed by atoms with van der Waals surface area (Å²) in [6.07, 6.45) is 4.46. The lowest BCUT2D eigenvalue weighted by Crippen LogP contribution is -2.44. The summed E-state index contributed by atoms with van der Waals surface area (Å²) in [5, 5.41) is 4.30. The highest BCUT2D eigenvalue weighted by atomic mass is 16.2. The van der Waals surface area contributed by atoms with Gasteiger partial charge >= 0.3 is 0 Å². The Morgan fingerprint density at radius 1 is 1.17 bits per heavy atom. The van der Waals surface area contributed by atoms with Gasteiger partial charge in [-0.05, 0) is 44.9 Å². The Morgan fingerprint density at radius 2 is 1.91 bits per heavy atom. The monoisotopic (exact) mass is 309 g/mol. The molecular formula is C19H23N3O. The number of aromatic nitrogens is 1. The number of hydrogen-bond donors (Lipinski definition) is 1. The van der Waals surface area contributed by atoms with Crippen molar-refractivity contribution in [3.05, 3.63) is 41.6 Å². The van der Waals surface area contributed by atoms with E-state index in [1.165, 1.54) is 12.8 Å². The zero-order valence-corrected chi connectivity index (χ0v) is 13.6. The number of para-hydroxylation sites is 1. The Kier molecular flexibility index (Phi) is 3.77. The van der Waals surface area contributed by atoms with Crippen LogP contribution in [-0.2, 0) is 0 Å². The standard InChI is InChI=1S/C19H23N3O/c1-20-14-8-10-22(11-9-14)19(23)16-12-18(13-6-7-13)21-17-5-3-2-4-15(16)17/h2-5,12-14,20H,6-11H2,1H3. The van der Waals surface area contributed by atoms with E-state index >= 15 is 0 Å². The van der Waals surface area contributed by atoms with E-state index in [1.54, 1.807) is 0 Å². The molecule has 1 amide bonds. The van der Waals surface area contributed by atoms with Crippen LogP contribution in [0.1, 0.15) is 47.7 Å². The minimum absolute atomic E-state index is 0.167. The normalized spacial score (nSPS) is 19.3. The summed E-state index contributed by atoms with van der Waals surface area (Å²) in [6, 6.07) is 10.6. The quantitative estimate of drug-likeness (QED) is 0.948. The first-order chi connectivity index (χ1) is 11.3. The lowest BCUT2D eigenvalue weighted by molar-refractivity contribution is 0.0709. The van der Waals surface area contributed by atoms with Gasteiger partial charge in [0.1, 0.15) is 0 Å². The number of piperidine rings is 1. The van der Waals surface area contributed by atoms with E-state index in [2.05, 4.69) is 5.32 Å². The number of nitrogens with one attached hydrogen (secondary N) is 1. The van der Waals surface area contributed by atoms with E-state index in [0.717, 1.165) is 48.1 Å². The average molecular weight is 309 g/mol. The number of fused-ring (bicyclic) bond motifs is 1. The first kappa shape index (κ1) is 14.6. The first-order valence-corrected chi connectivity index (χ1v) is 8.62. The SMILES string of the molecule is CNC1CCN(C(=O)c2cc(C3CC3)nc3ccccc23)CC1. The van der Waals surface area contributed by atoms with E-state index in [1.807, 2.05) is 42.3 Å². The van der Waals surface area contributed by atoms with Gasteiger partial charge < -0.3 is 10.2 Å². The molecule has 1 saturated carbocycles. The van der Waals surface area contributed by atoms with Crippen LogP contribution in [0.5, 0.6) is 0 Å². The minimum Gasteiger partial charge on any atom is -0.339 e. The third kappa shape index (κ3) is 2.83. The highest BCUT2D eigenvalue weighted by Gasteiger charge is 2.29. The van der Waals surface area contributed by atoms with Crippen LogP contribution in [0.15, 0.2) is 30.3 Å². The third-order valence-corrected chi connectivity index (χ3v) is 5.15. The number of rotatable bonds is 3. The molecule has 1 aromatic carbocycles. The zero-order valence-electron chi connectivity index (χ0n) is 13.6. The van der Waals surface area contributed by atoms with Crippen LogP contribution in [0.25, 0.3) is 10.9 Å². The van der Waals surface area contributed by atoms with E-state index in [0.29, 0.717) is 12.0 Å². The van der Waals surface area contributed by atoms with Crippen molar-refractivity contribution < 1.29 is 4.79 Å². The third-order valence-electron chi connectivity index (χ3n) is 5.15. The molecule has 1 aliphatic carbocycles. The van der Waals surface area contributed by atoms with Crippen molar-refractivity contribution in [2.45, 2.75) is 37.6 Å². The number of carbonyl (C=O) groups is 1. The lowest BCUT2D eigenvalue weighted by Gasteiger charge is -2.32. The fourth-order valence-corrected chi connectivity index (χ4v) is 3.50. The smallest absolute Gasteiger partial charge is 0.254 e. The highest BCUT2D eigenvalue weighted by Crippen LogP contribution is 2.40. The zero-order chi connectivity index (χ0) is 15.8. The van der Waals surface area contributed by atoms with E-state index in [4.69, 9.17) is 4.98 Å². The number of nitrogens with zero attached hydrogens (tertiary/aromatic N) is 2. The number of benzene rings is 1. The van der Waals surface area contributed by atoms with Crippen molar-refractivity contribution in [3.8, 4) is 0 Å². The summed E-state index contributed by atoms with van der Waals surface area (Å²) < 4.78 is 0. The molecule has 2 aliphatic rings. The Bertz CT molecular complexity index is 730. The largest absolute Gasteiger partial charge is 0.339 e. The van der Waals surface area contributed by atoms with Crippen LogP contribution < -0.4 is 5.32 Å². The van der Waals surface area contributed by atoms with Crippen molar-refractivity contribution >= 4 is 16.8 Å². The molecule has 0 unspecified atom stereocenters. The van der Waals surface area contributed by atoms with Crippen LogP contribution in [0.4, 0.5) is 0 Å². The fourth-order valence-electron chi connectivity index (χ4n) is 3.50.